The molecule has 6 rings (SSSR count). The molecule has 0 bridgehead atoms. The highest BCUT2D eigenvalue weighted by molar-refractivity contribution is 7.14. The lowest BCUT2D eigenvalue weighted by atomic mass is 9.88. The van der Waals surface area contributed by atoms with Crippen molar-refractivity contribution < 1.29 is 14.4 Å². The predicted molar refractivity (Wildman–Crippen MR) is 144 cm³/mol. The van der Waals surface area contributed by atoms with Gasteiger partial charge in [-0.25, -0.2) is 0 Å². The normalized spacial score (nSPS) is 16.2. The number of rotatable bonds is 5. The van der Waals surface area contributed by atoms with Gasteiger partial charge in [-0.1, -0.05) is 16.8 Å². The summed E-state index contributed by atoms with van der Waals surface area (Å²) in [7, 11) is 0. The van der Waals surface area contributed by atoms with Crippen molar-refractivity contribution in [3.63, 3.8) is 0 Å². The SMILES string of the molecule is Cc1noc(C)c1-c1cnc2c3snc(C(C)(C)O)c3n(C(c3cc(Cl)ccn3)C3CCOCC3)c2c1. The lowest BCUT2D eigenvalue weighted by molar-refractivity contribution is 0.0543. The standard InChI is InChI=1S/C27H28ClN5O3S/c1-14-21(15(2)36-31-14)17-11-20-22(30-13-17)25-24(26(32-37-25)27(3,4)34)33(20)23(16-6-9-35-10-7-16)19-12-18(28)5-8-29-19/h5,8,11-13,16,23,34H,6-7,9-10H2,1-4H3. The maximum Gasteiger partial charge on any atom is 0.141 e. The largest absolute Gasteiger partial charge is 0.384 e. The highest BCUT2D eigenvalue weighted by Crippen LogP contribution is 2.45. The molecular formula is C27H28ClN5O3S. The Morgan fingerprint density at radius 3 is 2.65 bits per heavy atom. The summed E-state index contributed by atoms with van der Waals surface area (Å²) in [6.07, 6.45) is 5.38. The number of aromatic nitrogens is 5. The van der Waals surface area contributed by atoms with Crippen LogP contribution >= 0.6 is 23.1 Å². The van der Waals surface area contributed by atoms with Crippen molar-refractivity contribution in [2.75, 3.05) is 13.2 Å². The van der Waals surface area contributed by atoms with Crippen LogP contribution in [-0.2, 0) is 10.3 Å². The molecule has 1 unspecified atom stereocenters. The molecule has 192 valence electrons. The quantitative estimate of drug-likeness (QED) is 0.284. The van der Waals surface area contributed by atoms with Crippen molar-refractivity contribution in [1.29, 1.82) is 0 Å². The second-order valence-corrected chi connectivity index (χ2v) is 11.4. The highest BCUT2D eigenvalue weighted by Gasteiger charge is 2.35. The molecule has 5 aromatic rings. The molecular weight excluding hydrogens is 510 g/mol. The minimum Gasteiger partial charge on any atom is -0.384 e. The van der Waals surface area contributed by atoms with Gasteiger partial charge >= 0.3 is 0 Å². The molecule has 1 fully saturated rings. The Morgan fingerprint density at radius 2 is 1.97 bits per heavy atom. The molecule has 1 N–H and O–H groups in total. The summed E-state index contributed by atoms with van der Waals surface area (Å²) >= 11 is 7.85. The van der Waals surface area contributed by atoms with Crippen LogP contribution in [0.1, 0.15) is 55.6 Å². The third-order valence-corrected chi connectivity index (χ3v) is 8.27. The van der Waals surface area contributed by atoms with Gasteiger partial charge in [0, 0.05) is 41.8 Å². The maximum atomic E-state index is 11.1. The van der Waals surface area contributed by atoms with Gasteiger partial charge in [0.15, 0.2) is 0 Å². The summed E-state index contributed by atoms with van der Waals surface area (Å²) < 4.78 is 19.1. The zero-order valence-corrected chi connectivity index (χ0v) is 22.7. The third-order valence-electron chi connectivity index (χ3n) is 7.19. The molecule has 1 aliphatic rings. The predicted octanol–water partition coefficient (Wildman–Crippen LogP) is 6.21. The molecule has 10 heteroatoms. The van der Waals surface area contributed by atoms with E-state index in [9.17, 15) is 5.11 Å². The van der Waals surface area contributed by atoms with Gasteiger partial charge in [0.1, 0.15) is 22.6 Å². The Bertz CT molecular complexity index is 1590. The van der Waals surface area contributed by atoms with E-state index in [1.54, 1.807) is 26.1 Å². The summed E-state index contributed by atoms with van der Waals surface area (Å²) in [5, 5.41) is 15.9. The molecule has 0 amide bonds. The van der Waals surface area contributed by atoms with Crippen LogP contribution in [0.4, 0.5) is 0 Å². The average Bonchev–Trinajstić information content (AvgIpc) is 3.53. The minimum atomic E-state index is -1.14. The average molecular weight is 538 g/mol. The van der Waals surface area contributed by atoms with Crippen molar-refractivity contribution in [2.45, 2.75) is 52.2 Å². The van der Waals surface area contributed by atoms with E-state index in [1.807, 2.05) is 26.1 Å². The van der Waals surface area contributed by atoms with Gasteiger partial charge in [-0.05, 0) is 76.2 Å². The van der Waals surface area contributed by atoms with Crippen LogP contribution < -0.4 is 0 Å². The van der Waals surface area contributed by atoms with Gasteiger partial charge in [-0.2, -0.15) is 4.37 Å². The van der Waals surface area contributed by atoms with Crippen LogP contribution in [0.15, 0.2) is 35.1 Å². The second kappa shape index (κ2) is 9.16. The van der Waals surface area contributed by atoms with Crippen LogP contribution in [0.25, 0.3) is 32.4 Å². The van der Waals surface area contributed by atoms with E-state index in [0.717, 1.165) is 62.4 Å². The fourth-order valence-corrected chi connectivity index (χ4v) is 6.70. The molecule has 1 aliphatic heterocycles. The molecule has 0 aromatic carbocycles. The van der Waals surface area contributed by atoms with Crippen molar-refractivity contribution in [2.24, 2.45) is 5.92 Å². The first kappa shape index (κ1) is 24.5. The zero-order chi connectivity index (χ0) is 25.9. The lowest BCUT2D eigenvalue weighted by Crippen LogP contribution is -2.28. The van der Waals surface area contributed by atoms with Gasteiger partial charge in [0.05, 0.1) is 33.2 Å². The first-order valence-corrected chi connectivity index (χ1v) is 13.5. The molecule has 1 saturated heterocycles. The molecule has 0 radical (unpaired) electrons. The van der Waals surface area contributed by atoms with Gasteiger partial charge in [-0.15, -0.1) is 0 Å². The fraction of sp³-hybridized carbons (Fsp3) is 0.407. The number of aliphatic hydroxyl groups is 1. The summed E-state index contributed by atoms with van der Waals surface area (Å²) in [5.41, 5.74) is 5.72. The van der Waals surface area contributed by atoms with Crippen molar-refractivity contribution in [1.82, 2.24) is 24.1 Å². The van der Waals surface area contributed by atoms with Crippen molar-refractivity contribution >= 4 is 44.4 Å². The van der Waals surface area contributed by atoms with E-state index in [4.69, 9.17) is 35.2 Å². The van der Waals surface area contributed by atoms with E-state index >= 15 is 0 Å². The topological polar surface area (TPSA) is 99.1 Å². The Hall–Kier alpha value is -2.85. The van der Waals surface area contributed by atoms with E-state index in [0.29, 0.717) is 23.9 Å². The van der Waals surface area contributed by atoms with Gasteiger partial charge < -0.3 is 18.9 Å². The van der Waals surface area contributed by atoms with Crippen LogP contribution in [0.5, 0.6) is 0 Å². The van der Waals surface area contributed by atoms with Gasteiger partial charge in [0.2, 0.25) is 0 Å². The fourth-order valence-electron chi connectivity index (χ4n) is 5.52. The Morgan fingerprint density at radius 1 is 1.19 bits per heavy atom. The van der Waals surface area contributed by atoms with E-state index in [2.05, 4.69) is 15.8 Å². The van der Waals surface area contributed by atoms with Crippen molar-refractivity contribution in [3.05, 3.63) is 58.5 Å². The monoisotopic (exact) mass is 537 g/mol. The molecule has 5 aromatic heterocycles. The van der Waals surface area contributed by atoms with E-state index in [1.165, 1.54) is 11.5 Å². The van der Waals surface area contributed by atoms with Crippen LogP contribution in [0, 0.1) is 19.8 Å². The summed E-state index contributed by atoms with van der Waals surface area (Å²) in [4.78, 5) is 9.72. The molecule has 6 heterocycles. The summed E-state index contributed by atoms with van der Waals surface area (Å²) in [5.74, 6) is 0.991. The molecule has 0 saturated carbocycles. The molecule has 37 heavy (non-hydrogen) atoms. The van der Waals surface area contributed by atoms with Crippen molar-refractivity contribution in [3.8, 4) is 11.1 Å². The Kier molecular flexibility index (Phi) is 6.06. The number of hydrogen-bond acceptors (Lipinski definition) is 8. The molecule has 0 spiro atoms. The van der Waals surface area contributed by atoms with Crippen LogP contribution in [0.3, 0.4) is 0 Å². The highest BCUT2D eigenvalue weighted by atomic mass is 35.5. The van der Waals surface area contributed by atoms with Gasteiger partial charge in [-0.3, -0.25) is 9.97 Å². The molecule has 1 atom stereocenters. The first-order chi connectivity index (χ1) is 17.7. The van der Waals surface area contributed by atoms with E-state index < -0.39 is 5.60 Å². The number of aryl methyl sites for hydroxylation is 2. The summed E-state index contributed by atoms with van der Waals surface area (Å²) in [6.45, 7) is 8.76. The minimum absolute atomic E-state index is 0.151. The zero-order valence-electron chi connectivity index (χ0n) is 21.2. The number of ether oxygens (including phenoxy) is 1. The molecule has 8 nitrogen and oxygen atoms in total. The lowest BCUT2D eigenvalue weighted by Gasteiger charge is -2.32. The number of fused-ring (bicyclic) bond motifs is 3. The number of nitrogens with zero attached hydrogens (tertiary/aromatic N) is 5. The number of hydrogen-bond donors (Lipinski definition) is 1. The van der Waals surface area contributed by atoms with Gasteiger partial charge in [0.25, 0.3) is 0 Å². The second-order valence-electron chi connectivity index (χ2n) is 10.2. The Balaban J connectivity index is 1.71. The van der Waals surface area contributed by atoms with Crippen LogP contribution in [0.2, 0.25) is 5.02 Å². The van der Waals surface area contributed by atoms with E-state index in [-0.39, 0.29) is 12.0 Å². The maximum absolute atomic E-state index is 11.1. The number of halogens is 1. The smallest absolute Gasteiger partial charge is 0.141 e. The third kappa shape index (κ3) is 4.14. The molecule has 0 aliphatic carbocycles. The first-order valence-electron chi connectivity index (χ1n) is 12.4. The summed E-state index contributed by atoms with van der Waals surface area (Å²) in [6, 6.07) is 5.73. The number of pyridine rings is 2. The Labute approximate surface area is 223 Å². The van der Waals surface area contributed by atoms with Crippen LogP contribution in [-0.4, -0.2) is 42.4 Å².